The van der Waals surface area contributed by atoms with Gasteiger partial charge in [-0.25, -0.2) is 8.42 Å². The standard InChI is InChI=1S/C23H32N2O4S/c1-2-11-24-12-5-9-23(10-13-24)18-25(16-20-6-3-4-7-21(20)29-23)22(26)15-19-8-14-30(27,28)17-19/h2-4,6-7,19H,1,5,8-18H2/t19-,23+/m0/s1. The number of carbonyl (C=O) groups is 1. The third-order valence-electron chi connectivity index (χ3n) is 6.66. The van der Waals surface area contributed by atoms with Gasteiger partial charge < -0.3 is 9.64 Å². The van der Waals surface area contributed by atoms with Gasteiger partial charge in [0.15, 0.2) is 9.84 Å². The maximum atomic E-state index is 13.3. The Morgan fingerprint density at radius 1 is 1.27 bits per heavy atom. The molecule has 0 aliphatic carbocycles. The van der Waals surface area contributed by atoms with Crippen LogP contribution in [0, 0.1) is 5.92 Å². The van der Waals surface area contributed by atoms with Crippen molar-refractivity contribution in [3.63, 3.8) is 0 Å². The number of fused-ring (bicyclic) bond motifs is 1. The Labute approximate surface area is 179 Å². The summed E-state index contributed by atoms with van der Waals surface area (Å²) in [6.45, 7) is 7.72. The summed E-state index contributed by atoms with van der Waals surface area (Å²) >= 11 is 0. The van der Waals surface area contributed by atoms with Crippen molar-refractivity contribution in [3.8, 4) is 5.75 Å². The fraction of sp³-hybridized carbons (Fsp3) is 0.609. The van der Waals surface area contributed by atoms with Gasteiger partial charge >= 0.3 is 0 Å². The van der Waals surface area contributed by atoms with Crippen molar-refractivity contribution in [2.75, 3.05) is 37.7 Å². The van der Waals surface area contributed by atoms with Crippen LogP contribution in [0.5, 0.6) is 5.75 Å². The van der Waals surface area contributed by atoms with Crippen molar-refractivity contribution in [2.45, 2.75) is 44.2 Å². The number of likely N-dealkylation sites (tertiary alicyclic amines) is 1. The lowest BCUT2D eigenvalue weighted by Crippen LogP contribution is -2.48. The molecule has 164 valence electrons. The largest absolute Gasteiger partial charge is 0.485 e. The predicted octanol–water partition coefficient (Wildman–Crippen LogP) is 2.64. The second-order valence-electron chi connectivity index (χ2n) is 9.06. The highest BCUT2D eigenvalue weighted by atomic mass is 32.2. The smallest absolute Gasteiger partial charge is 0.223 e. The van der Waals surface area contributed by atoms with E-state index in [0.29, 0.717) is 25.9 Å². The van der Waals surface area contributed by atoms with E-state index < -0.39 is 15.4 Å². The van der Waals surface area contributed by atoms with E-state index in [4.69, 9.17) is 4.74 Å². The molecule has 0 radical (unpaired) electrons. The van der Waals surface area contributed by atoms with Gasteiger partial charge in [0.1, 0.15) is 11.4 Å². The highest BCUT2D eigenvalue weighted by Crippen LogP contribution is 2.36. The number of para-hydroxylation sites is 1. The minimum absolute atomic E-state index is 0.0453. The number of amides is 1. The Morgan fingerprint density at radius 3 is 2.87 bits per heavy atom. The highest BCUT2D eigenvalue weighted by molar-refractivity contribution is 7.91. The summed E-state index contributed by atoms with van der Waals surface area (Å²) in [4.78, 5) is 17.6. The molecular weight excluding hydrogens is 400 g/mol. The van der Waals surface area contributed by atoms with Crippen molar-refractivity contribution in [1.82, 2.24) is 9.80 Å². The van der Waals surface area contributed by atoms with E-state index in [1.807, 2.05) is 35.2 Å². The number of ether oxygens (including phenoxy) is 1. The fourth-order valence-corrected chi connectivity index (χ4v) is 6.91. The average Bonchev–Trinajstić information content (AvgIpc) is 2.86. The molecule has 2 atom stereocenters. The number of nitrogens with zero attached hydrogens (tertiary/aromatic N) is 2. The van der Waals surface area contributed by atoms with E-state index >= 15 is 0 Å². The van der Waals surface area contributed by atoms with Crippen LogP contribution >= 0.6 is 0 Å². The minimum Gasteiger partial charge on any atom is -0.485 e. The molecule has 3 heterocycles. The molecule has 2 fully saturated rings. The molecule has 0 bridgehead atoms. The Kier molecular flexibility index (Phi) is 6.21. The Morgan fingerprint density at radius 2 is 2.10 bits per heavy atom. The summed E-state index contributed by atoms with van der Waals surface area (Å²) in [6.07, 6.45) is 5.61. The maximum absolute atomic E-state index is 13.3. The number of benzene rings is 1. The van der Waals surface area contributed by atoms with E-state index in [1.165, 1.54) is 0 Å². The van der Waals surface area contributed by atoms with Gasteiger partial charge in [-0.15, -0.1) is 6.58 Å². The van der Waals surface area contributed by atoms with Gasteiger partial charge in [0.25, 0.3) is 0 Å². The average molecular weight is 433 g/mol. The lowest BCUT2D eigenvalue weighted by Gasteiger charge is -2.36. The number of hydrogen-bond acceptors (Lipinski definition) is 5. The molecule has 1 aromatic carbocycles. The van der Waals surface area contributed by atoms with Crippen LogP contribution in [0.1, 0.15) is 37.7 Å². The molecule has 0 N–H and O–H groups in total. The van der Waals surface area contributed by atoms with Crippen molar-refractivity contribution < 1.29 is 17.9 Å². The van der Waals surface area contributed by atoms with Crippen LogP contribution in [0.4, 0.5) is 0 Å². The van der Waals surface area contributed by atoms with Gasteiger partial charge in [0, 0.05) is 38.0 Å². The zero-order valence-electron chi connectivity index (χ0n) is 17.6. The van der Waals surface area contributed by atoms with Crippen molar-refractivity contribution in [2.24, 2.45) is 5.92 Å². The molecule has 3 aliphatic heterocycles. The van der Waals surface area contributed by atoms with E-state index in [0.717, 1.165) is 50.2 Å². The first-order valence-corrected chi connectivity index (χ1v) is 12.8. The lowest BCUT2D eigenvalue weighted by atomic mass is 9.93. The van der Waals surface area contributed by atoms with Crippen molar-refractivity contribution in [3.05, 3.63) is 42.5 Å². The predicted molar refractivity (Wildman–Crippen MR) is 117 cm³/mol. The molecule has 0 unspecified atom stereocenters. The molecule has 7 heteroatoms. The van der Waals surface area contributed by atoms with Crippen molar-refractivity contribution >= 4 is 15.7 Å². The Bertz CT molecular complexity index is 900. The highest BCUT2D eigenvalue weighted by Gasteiger charge is 2.41. The number of sulfone groups is 1. The lowest BCUT2D eigenvalue weighted by molar-refractivity contribution is -0.135. The molecule has 3 aliphatic rings. The molecule has 2 saturated heterocycles. The molecule has 1 amide bonds. The Balaban J connectivity index is 1.55. The van der Waals surface area contributed by atoms with Gasteiger partial charge in [-0.1, -0.05) is 24.3 Å². The van der Waals surface area contributed by atoms with Crippen molar-refractivity contribution in [1.29, 1.82) is 0 Å². The van der Waals surface area contributed by atoms with Crippen LogP contribution in [-0.2, 0) is 21.2 Å². The molecule has 30 heavy (non-hydrogen) atoms. The summed E-state index contributed by atoms with van der Waals surface area (Å²) in [5.74, 6) is 1.20. The summed E-state index contributed by atoms with van der Waals surface area (Å²) in [7, 11) is -2.98. The van der Waals surface area contributed by atoms with Gasteiger partial charge in [0.2, 0.25) is 5.91 Å². The molecule has 6 nitrogen and oxygen atoms in total. The van der Waals surface area contributed by atoms with Crippen LogP contribution in [0.2, 0.25) is 0 Å². The maximum Gasteiger partial charge on any atom is 0.223 e. The van der Waals surface area contributed by atoms with E-state index in [2.05, 4.69) is 11.5 Å². The van der Waals surface area contributed by atoms with Gasteiger partial charge in [-0.3, -0.25) is 9.69 Å². The van der Waals surface area contributed by atoms with E-state index in [1.54, 1.807) is 0 Å². The summed E-state index contributed by atoms with van der Waals surface area (Å²) in [6, 6.07) is 7.98. The van der Waals surface area contributed by atoms with Crippen LogP contribution < -0.4 is 4.74 Å². The van der Waals surface area contributed by atoms with Gasteiger partial charge in [0.05, 0.1) is 18.1 Å². The first-order valence-electron chi connectivity index (χ1n) is 11.0. The topological polar surface area (TPSA) is 66.9 Å². The summed E-state index contributed by atoms with van der Waals surface area (Å²) < 4.78 is 30.3. The summed E-state index contributed by atoms with van der Waals surface area (Å²) in [5, 5.41) is 0. The first-order chi connectivity index (χ1) is 14.4. The quantitative estimate of drug-likeness (QED) is 0.685. The third kappa shape index (κ3) is 4.89. The number of carbonyl (C=O) groups excluding carboxylic acids is 1. The monoisotopic (exact) mass is 432 g/mol. The number of rotatable bonds is 4. The molecule has 0 aromatic heterocycles. The van der Waals surface area contributed by atoms with Crippen LogP contribution in [0.3, 0.4) is 0 Å². The Hall–Kier alpha value is -1.86. The zero-order valence-corrected chi connectivity index (χ0v) is 18.4. The molecule has 1 spiro atoms. The molecule has 0 saturated carbocycles. The zero-order chi connectivity index (χ0) is 21.2. The van der Waals surface area contributed by atoms with Crippen LogP contribution in [0.25, 0.3) is 0 Å². The normalized spacial score (nSPS) is 28.9. The van der Waals surface area contributed by atoms with Crippen LogP contribution in [-0.4, -0.2) is 67.4 Å². The number of hydrogen-bond donors (Lipinski definition) is 0. The minimum atomic E-state index is -2.98. The van der Waals surface area contributed by atoms with Crippen LogP contribution in [0.15, 0.2) is 36.9 Å². The molecular formula is C23H32N2O4S. The fourth-order valence-electron chi connectivity index (χ4n) is 5.04. The van der Waals surface area contributed by atoms with Gasteiger partial charge in [-0.2, -0.15) is 0 Å². The third-order valence-corrected chi connectivity index (χ3v) is 8.50. The van der Waals surface area contributed by atoms with E-state index in [9.17, 15) is 13.2 Å². The summed E-state index contributed by atoms with van der Waals surface area (Å²) in [5.41, 5.74) is 0.619. The SMILES string of the molecule is C=CCN1CCC[C@@]2(CC1)CN(C(=O)C[C@@H]1CCS(=O)(=O)C1)Cc1ccccc1O2. The molecule has 1 aromatic rings. The second-order valence-corrected chi connectivity index (χ2v) is 11.3. The van der Waals surface area contributed by atoms with E-state index in [-0.39, 0.29) is 23.3 Å². The second kappa shape index (κ2) is 8.71. The van der Waals surface area contributed by atoms with Gasteiger partial charge in [-0.05, 0) is 37.8 Å². The molecule has 4 rings (SSSR count). The first kappa shape index (κ1) is 21.4.